The van der Waals surface area contributed by atoms with Gasteiger partial charge in [-0.15, -0.1) is 0 Å². The number of benzene rings is 2. The number of carbonyl (C=O) groups excluding carboxylic acids is 1. The van der Waals surface area contributed by atoms with Crippen molar-refractivity contribution in [3.05, 3.63) is 83.7 Å². The summed E-state index contributed by atoms with van der Waals surface area (Å²) in [7, 11) is -3.43. The van der Waals surface area contributed by atoms with Gasteiger partial charge in [-0.05, 0) is 55.7 Å². The van der Waals surface area contributed by atoms with Gasteiger partial charge in [0.05, 0.1) is 33.1 Å². The van der Waals surface area contributed by atoms with E-state index in [4.69, 9.17) is 4.98 Å². The van der Waals surface area contributed by atoms with E-state index >= 15 is 0 Å². The van der Waals surface area contributed by atoms with Gasteiger partial charge in [0.1, 0.15) is 0 Å². The van der Waals surface area contributed by atoms with Crippen molar-refractivity contribution >= 4 is 42.4 Å². The highest BCUT2D eigenvalue weighted by Gasteiger charge is 2.23. The second-order valence-electron chi connectivity index (χ2n) is 7.91. The molecule has 8 heteroatoms. The molecule has 6 nitrogen and oxygen atoms in total. The molecular formula is C25H25N3O3S2. The van der Waals surface area contributed by atoms with Gasteiger partial charge in [0.15, 0.2) is 15.0 Å². The molecule has 2 aromatic carbocycles. The number of anilines is 1. The van der Waals surface area contributed by atoms with Crippen LogP contribution in [-0.2, 0) is 21.2 Å². The van der Waals surface area contributed by atoms with Crippen LogP contribution in [0.2, 0.25) is 0 Å². The standard InChI is InChI=1S/C25H25N3O3S2/c1-18-13-14-19(2)24-23(18)27-25(32-24)28(17-20-9-6-7-15-26-20)22(29)12-8-16-33(30,31)21-10-4-3-5-11-21/h3-7,9-11,13-15H,8,12,16-17H2,1-2H3. The Hall–Kier alpha value is -3.10. The van der Waals surface area contributed by atoms with Crippen molar-refractivity contribution in [2.45, 2.75) is 38.1 Å². The van der Waals surface area contributed by atoms with E-state index in [2.05, 4.69) is 11.1 Å². The highest BCUT2D eigenvalue weighted by Crippen LogP contribution is 2.34. The van der Waals surface area contributed by atoms with Crippen LogP contribution in [0, 0.1) is 13.8 Å². The SMILES string of the molecule is Cc1ccc(C)c2sc(N(Cc3ccccn3)C(=O)CCCS(=O)(=O)c3ccccc3)nc12. The van der Waals surface area contributed by atoms with Gasteiger partial charge in [-0.2, -0.15) is 0 Å². The molecule has 0 bridgehead atoms. The van der Waals surface area contributed by atoms with Crippen molar-refractivity contribution in [1.29, 1.82) is 0 Å². The van der Waals surface area contributed by atoms with Crippen molar-refractivity contribution < 1.29 is 13.2 Å². The zero-order valence-electron chi connectivity index (χ0n) is 18.6. The minimum Gasteiger partial charge on any atom is -0.282 e. The van der Waals surface area contributed by atoms with Gasteiger partial charge < -0.3 is 0 Å². The van der Waals surface area contributed by atoms with Crippen LogP contribution >= 0.6 is 11.3 Å². The van der Waals surface area contributed by atoms with Crippen molar-refractivity contribution in [2.75, 3.05) is 10.7 Å². The van der Waals surface area contributed by atoms with Crippen LogP contribution < -0.4 is 4.90 Å². The lowest BCUT2D eigenvalue weighted by Gasteiger charge is -2.19. The first-order chi connectivity index (χ1) is 15.8. The molecule has 0 unspecified atom stereocenters. The van der Waals surface area contributed by atoms with Crippen LogP contribution in [-0.4, -0.2) is 30.0 Å². The van der Waals surface area contributed by atoms with Crippen LogP contribution in [0.25, 0.3) is 10.2 Å². The molecule has 0 radical (unpaired) electrons. The Morgan fingerprint density at radius 1 is 0.970 bits per heavy atom. The van der Waals surface area contributed by atoms with Gasteiger partial charge in [-0.1, -0.05) is 47.7 Å². The molecule has 0 fully saturated rings. The number of aryl methyl sites for hydroxylation is 2. The van der Waals surface area contributed by atoms with Gasteiger partial charge in [0.25, 0.3) is 0 Å². The number of rotatable bonds is 8. The Morgan fingerprint density at radius 3 is 2.39 bits per heavy atom. The first-order valence-corrected chi connectivity index (χ1v) is 13.2. The average Bonchev–Trinajstić information content (AvgIpc) is 3.27. The number of hydrogen-bond acceptors (Lipinski definition) is 6. The fraction of sp³-hybridized carbons (Fsp3) is 0.240. The fourth-order valence-electron chi connectivity index (χ4n) is 3.57. The van der Waals surface area contributed by atoms with E-state index in [-0.39, 0.29) is 35.9 Å². The smallest absolute Gasteiger partial charge is 0.229 e. The molecule has 0 atom stereocenters. The molecule has 4 rings (SSSR count). The summed E-state index contributed by atoms with van der Waals surface area (Å²) in [5.41, 5.74) is 3.80. The number of aromatic nitrogens is 2. The second kappa shape index (κ2) is 9.80. The predicted octanol–water partition coefficient (Wildman–Crippen LogP) is 5.10. The normalized spacial score (nSPS) is 11.6. The quantitative estimate of drug-likeness (QED) is 0.351. The molecule has 2 aromatic heterocycles. The number of carbonyl (C=O) groups is 1. The lowest BCUT2D eigenvalue weighted by atomic mass is 10.1. The number of sulfone groups is 1. The Bertz CT molecular complexity index is 1330. The minimum absolute atomic E-state index is 0.0851. The summed E-state index contributed by atoms with van der Waals surface area (Å²) in [6.07, 6.45) is 2.03. The largest absolute Gasteiger partial charge is 0.282 e. The van der Waals surface area contributed by atoms with Gasteiger partial charge in [0, 0.05) is 12.6 Å². The molecule has 2 heterocycles. The Morgan fingerprint density at radius 2 is 1.70 bits per heavy atom. The predicted molar refractivity (Wildman–Crippen MR) is 132 cm³/mol. The molecule has 4 aromatic rings. The van der Waals surface area contributed by atoms with Gasteiger partial charge >= 0.3 is 0 Å². The first kappa shape index (κ1) is 23.1. The molecule has 0 saturated carbocycles. The van der Waals surface area contributed by atoms with E-state index in [1.165, 1.54) is 11.3 Å². The summed E-state index contributed by atoms with van der Waals surface area (Å²) < 4.78 is 26.2. The summed E-state index contributed by atoms with van der Waals surface area (Å²) in [6, 6.07) is 18.0. The third kappa shape index (κ3) is 5.29. The Labute approximate surface area is 197 Å². The Kier molecular flexibility index (Phi) is 6.85. The minimum atomic E-state index is -3.43. The third-order valence-corrected chi connectivity index (χ3v) is 8.45. The van der Waals surface area contributed by atoms with E-state index in [0.29, 0.717) is 5.13 Å². The number of thiazole rings is 1. The summed E-state index contributed by atoms with van der Waals surface area (Å²) in [6.45, 7) is 4.32. The molecule has 0 aliphatic carbocycles. The number of fused-ring (bicyclic) bond motifs is 1. The van der Waals surface area contributed by atoms with Crippen molar-refractivity contribution in [1.82, 2.24) is 9.97 Å². The highest BCUT2D eigenvalue weighted by atomic mass is 32.2. The molecular weight excluding hydrogens is 454 g/mol. The number of amides is 1. The molecule has 0 saturated heterocycles. The van der Waals surface area contributed by atoms with Crippen LogP contribution in [0.15, 0.2) is 71.8 Å². The van der Waals surface area contributed by atoms with E-state index in [1.54, 1.807) is 41.4 Å². The van der Waals surface area contributed by atoms with E-state index in [1.807, 2.05) is 38.1 Å². The van der Waals surface area contributed by atoms with Gasteiger partial charge in [-0.25, -0.2) is 13.4 Å². The number of hydrogen-bond donors (Lipinski definition) is 0. The zero-order chi connectivity index (χ0) is 23.4. The monoisotopic (exact) mass is 479 g/mol. The van der Waals surface area contributed by atoms with E-state index in [0.717, 1.165) is 27.0 Å². The molecule has 0 spiro atoms. The second-order valence-corrected chi connectivity index (χ2v) is 11.0. The molecule has 1 amide bonds. The molecule has 170 valence electrons. The Balaban J connectivity index is 1.57. The van der Waals surface area contributed by atoms with Crippen LogP contribution in [0.4, 0.5) is 5.13 Å². The number of nitrogens with zero attached hydrogens (tertiary/aromatic N) is 3. The molecule has 0 aliphatic heterocycles. The maximum Gasteiger partial charge on any atom is 0.229 e. The molecule has 33 heavy (non-hydrogen) atoms. The fourth-order valence-corrected chi connectivity index (χ4v) is 6.03. The first-order valence-electron chi connectivity index (χ1n) is 10.7. The maximum absolute atomic E-state index is 13.3. The third-order valence-electron chi connectivity index (χ3n) is 5.42. The van der Waals surface area contributed by atoms with Gasteiger partial charge in [-0.3, -0.25) is 14.7 Å². The van der Waals surface area contributed by atoms with Gasteiger partial charge in [0.2, 0.25) is 5.91 Å². The van der Waals surface area contributed by atoms with Crippen molar-refractivity contribution in [3.8, 4) is 0 Å². The highest BCUT2D eigenvalue weighted by molar-refractivity contribution is 7.91. The lowest BCUT2D eigenvalue weighted by Crippen LogP contribution is -2.30. The molecule has 0 aliphatic rings. The van der Waals surface area contributed by atoms with Crippen LogP contribution in [0.3, 0.4) is 0 Å². The summed E-state index contributed by atoms with van der Waals surface area (Å²) in [5, 5.41) is 0.601. The van der Waals surface area contributed by atoms with Crippen LogP contribution in [0.5, 0.6) is 0 Å². The zero-order valence-corrected chi connectivity index (χ0v) is 20.2. The summed E-state index contributed by atoms with van der Waals surface area (Å²) in [5.74, 6) is -0.253. The van der Waals surface area contributed by atoms with Crippen molar-refractivity contribution in [3.63, 3.8) is 0 Å². The lowest BCUT2D eigenvalue weighted by molar-refractivity contribution is -0.118. The van der Waals surface area contributed by atoms with Crippen LogP contribution in [0.1, 0.15) is 29.7 Å². The maximum atomic E-state index is 13.3. The van der Waals surface area contributed by atoms with Crippen molar-refractivity contribution in [2.24, 2.45) is 0 Å². The number of pyridine rings is 1. The average molecular weight is 480 g/mol. The summed E-state index contributed by atoms with van der Waals surface area (Å²) in [4.78, 5) is 24.3. The van der Waals surface area contributed by atoms with E-state index < -0.39 is 9.84 Å². The topological polar surface area (TPSA) is 80.2 Å². The molecule has 0 N–H and O–H groups in total. The summed E-state index contributed by atoms with van der Waals surface area (Å²) >= 11 is 1.48. The van der Waals surface area contributed by atoms with E-state index in [9.17, 15) is 13.2 Å².